The van der Waals surface area contributed by atoms with Crippen molar-refractivity contribution < 1.29 is 19.1 Å². The maximum absolute atomic E-state index is 12.5. The Morgan fingerprint density at radius 3 is 2.33 bits per heavy atom. The minimum Gasteiger partial charge on any atom is -0.550 e. The topological polar surface area (TPSA) is 57.2 Å². The van der Waals surface area contributed by atoms with Gasteiger partial charge in [-0.1, -0.05) is 15.9 Å². The molecule has 0 aromatic heterocycles. The van der Waals surface area contributed by atoms with Crippen molar-refractivity contribution in [1.82, 2.24) is 0 Å². The third-order valence-corrected chi connectivity index (χ3v) is 2.50. The van der Waals surface area contributed by atoms with Crippen LogP contribution in [0.4, 0.5) is 4.39 Å². The first-order chi connectivity index (χ1) is 7.00. The van der Waals surface area contributed by atoms with E-state index in [9.17, 15) is 19.1 Å². The molecule has 80 valence electrons. The molecule has 0 aliphatic carbocycles. The van der Waals surface area contributed by atoms with Crippen molar-refractivity contribution in [1.29, 1.82) is 0 Å². The first-order valence-electron chi connectivity index (χ1n) is 4.14. The summed E-state index contributed by atoms with van der Waals surface area (Å²) in [7, 11) is 0. The number of carboxylic acids is 1. The normalized spacial score (nSPS) is 12.1. The molecule has 1 aromatic carbocycles. The molecule has 0 aliphatic heterocycles. The van der Waals surface area contributed by atoms with Crippen LogP contribution in [0.15, 0.2) is 24.3 Å². The number of aliphatic carboxylic acids is 1. The first-order valence-corrected chi connectivity index (χ1v) is 5.06. The lowest BCUT2D eigenvalue weighted by Crippen LogP contribution is -2.28. The quantitative estimate of drug-likeness (QED) is 0.605. The number of hydrogen-bond acceptors (Lipinski definition) is 3. The van der Waals surface area contributed by atoms with Crippen molar-refractivity contribution in [3.05, 3.63) is 35.6 Å². The molecule has 0 N–H and O–H groups in total. The highest BCUT2D eigenvalue weighted by atomic mass is 79.9. The van der Waals surface area contributed by atoms with E-state index in [4.69, 9.17) is 0 Å². The second-order valence-corrected chi connectivity index (χ2v) is 4.02. The fraction of sp³-hybridized carbons (Fsp3) is 0.200. The zero-order valence-electron chi connectivity index (χ0n) is 7.57. The lowest BCUT2D eigenvalue weighted by atomic mass is 10.1. The van der Waals surface area contributed by atoms with E-state index in [0.717, 1.165) is 12.1 Å². The molecule has 0 saturated heterocycles. The fourth-order valence-electron chi connectivity index (χ4n) is 1.03. The van der Waals surface area contributed by atoms with Crippen molar-refractivity contribution in [2.75, 3.05) is 0 Å². The number of carboxylic acid groups (broad SMARTS) is 1. The highest BCUT2D eigenvalue weighted by Gasteiger charge is 2.16. The molecule has 0 aliphatic rings. The highest BCUT2D eigenvalue weighted by Crippen LogP contribution is 2.13. The van der Waals surface area contributed by atoms with E-state index in [2.05, 4.69) is 15.9 Å². The average molecular weight is 274 g/mol. The van der Waals surface area contributed by atoms with Gasteiger partial charge in [-0.15, -0.1) is 0 Å². The van der Waals surface area contributed by atoms with Crippen molar-refractivity contribution in [3.63, 3.8) is 0 Å². The molecule has 1 aromatic rings. The molecule has 0 radical (unpaired) electrons. The molecule has 0 unspecified atom stereocenters. The van der Waals surface area contributed by atoms with Crippen LogP contribution < -0.4 is 5.11 Å². The zero-order chi connectivity index (χ0) is 11.4. The van der Waals surface area contributed by atoms with Crippen molar-refractivity contribution >= 4 is 27.7 Å². The predicted molar refractivity (Wildman–Crippen MR) is 53.1 cm³/mol. The number of ketones is 1. The van der Waals surface area contributed by atoms with E-state index in [0.29, 0.717) is 0 Å². The monoisotopic (exact) mass is 273 g/mol. The van der Waals surface area contributed by atoms with Gasteiger partial charge >= 0.3 is 0 Å². The van der Waals surface area contributed by atoms with Crippen LogP contribution in [0.1, 0.15) is 16.8 Å². The third-order valence-electron chi connectivity index (χ3n) is 1.76. The zero-order valence-corrected chi connectivity index (χ0v) is 9.16. The van der Waals surface area contributed by atoms with Gasteiger partial charge in [0, 0.05) is 18.0 Å². The van der Waals surface area contributed by atoms with Crippen molar-refractivity contribution in [2.24, 2.45) is 0 Å². The molecule has 15 heavy (non-hydrogen) atoms. The van der Waals surface area contributed by atoms with Gasteiger partial charge in [-0.25, -0.2) is 4.39 Å². The Hall–Kier alpha value is -1.23. The molecule has 0 spiro atoms. The van der Waals surface area contributed by atoms with Crippen LogP contribution in [-0.4, -0.2) is 16.6 Å². The number of alkyl halides is 1. The maximum Gasteiger partial charge on any atom is 0.176 e. The van der Waals surface area contributed by atoms with Gasteiger partial charge in [-0.2, -0.15) is 0 Å². The number of rotatable bonds is 4. The van der Waals surface area contributed by atoms with Gasteiger partial charge in [-0.3, -0.25) is 4.79 Å². The van der Waals surface area contributed by atoms with E-state index in [1.807, 2.05) is 0 Å². The average Bonchev–Trinajstić information content (AvgIpc) is 2.17. The largest absolute Gasteiger partial charge is 0.550 e. The summed E-state index contributed by atoms with van der Waals surface area (Å²) >= 11 is 2.93. The Labute approximate surface area is 94.0 Å². The van der Waals surface area contributed by atoms with Gasteiger partial charge in [0.2, 0.25) is 0 Å². The molecular formula is C10H7BrFO3-. The first kappa shape index (κ1) is 11.8. The molecule has 0 bridgehead atoms. The summed E-state index contributed by atoms with van der Waals surface area (Å²) in [6, 6.07) is 4.90. The Bertz CT molecular complexity index is 375. The van der Waals surface area contributed by atoms with Crippen molar-refractivity contribution in [2.45, 2.75) is 11.2 Å². The Balaban J connectivity index is 2.76. The van der Waals surface area contributed by atoms with Gasteiger partial charge in [0.25, 0.3) is 0 Å². The molecule has 5 heteroatoms. The smallest absolute Gasteiger partial charge is 0.176 e. The van der Waals surface area contributed by atoms with Crippen LogP contribution in [0.2, 0.25) is 0 Å². The van der Waals surface area contributed by atoms with Gasteiger partial charge < -0.3 is 9.90 Å². The second kappa shape index (κ2) is 5.02. The van der Waals surface area contributed by atoms with Crippen LogP contribution in [0.25, 0.3) is 0 Å². The van der Waals surface area contributed by atoms with Crippen LogP contribution in [0.3, 0.4) is 0 Å². The lowest BCUT2D eigenvalue weighted by Gasteiger charge is -2.09. The van der Waals surface area contributed by atoms with Gasteiger partial charge in [-0.05, 0) is 24.3 Å². The molecule has 1 atom stereocenters. The summed E-state index contributed by atoms with van der Waals surface area (Å²) in [4.78, 5) is 20.9. The molecule has 0 fully saturated rings. The Kier molecular flexibility index (Phi) is 3.96. The maximum atomic E-state index is 12.5. The van der Waals surface area contributed by atoms with Crippen LogP contribution in [-0.2, 0) is 4.79 Å². The standard InChI is InChI=1S/C10H8BrFO3/c11-8(5-9(13)14)10(15)6-1-3-7(12)4-2-6/h1-4,8H,5H2,(H,13,14)/p-1/t8-/m1/s1. The summed E-state index contributed by atoms with van der Waals surface area (Å²) in [6.45, 7) is 0. The predicted octanol–water partition coefficient (Wildman–Crippen LogP) is 0.912. The second-order valence-electron chi connectivity index (χ2n) is 2.91. The molecular weight excluding hydrogens is 267 g/mol. The van der Waals surface area contributed by atoms with Gasteiger partial charge in [0.05, 0.1) is 4.83 Å². The summed E-state index contributed by atoms with van der Waals surface area (Å²) in [5, 5.41) is 10.2. The fourth-order valence-corrected chi connectivity index (χ4v) is 1.56. The number of hydrogen-bond donors (Lipinski definition) is 0. The molecule has 1 rings (SSSR count). The van der Waals surface area contributed by atoms with Gasteiger partial charge in [0.15, 0.2) is 5.78 Å². The van der Waals surface area contributed by atoms with E-state index in [1.165, 1.54) is 12.1 Å². The van der Waals surface area contributed by atoms with Crippen molar-refractivity contribution in [3.8, 4) is 0 Å². The summed E-state index contributed by atoms with van der Waals surface area (Å²) in [5.74, 6) is -2.16. The number of Topliss-reactive ketones (excluding diaryl/α,β-unsaturated/α-hetero) is 1. The van der Waals surface area contributed by atoms with E-state index < -0.39 is 28.8 Å². The number of carbonyl (C=O) groups excluding carboxylic acids is 2. The SMILES string of the molecule is O=C([O-])C[C@@H](Br)C(=O)c1ccc(F)cc1. The van der Waals surface area contributed by atoms with Crippen LogP contribution in [0, 0.1) is 5.82 Å². The van der Waals surface area contributed by atoms with E-state index >= 15 is 0 Å². The molecule has 0 saturated carbocycles. The lowest BCUT2D eigenvalue weighted by molar-refractivity contribution is -0.305. The molecule has 3 nitrogen and oxygen atoms in total. The summed E-state index contributed by atoms with van der Waals surface area (Å²) < 4.78 is 12.5. The number of halogens is 2. The van der Waals surface area contributed by atoms with Gasteiger partial charge in [0.1, 0.15) is 5.82 Å². The third kappa shape index (κ3) is 3.43. The minimum atomic E-state index is -1.31. The highest BCUT2D eigenvalue weighted by molar-refractivity contribution is 9.10. The minimum absolute atomic E-state index is 0.263. The van der Waals surface area contributed by atoms with Crippen LogP contribution in [0.5, 0.6) is 0 Å². The van der Waals surface area contributed by atoms with E-state index in [1.54, 1.807) is 0 Å². The molecule has 0 amide bonds. The summed E-state index contributed by atoms with van der Waals surface area (Å²) in [5.41, 5.74) is 0.263. The number of carbonyl (C=O) groups is 2. The summed E-state index contributed by atoms with van der Waals surface area (Å²) in [6.07, 6.45) is -0.407. The molecule has 0 heterocycles. The Morgan fingerprint density at radius 1 is 1.33 bits per heavy atom. The van der Waals surface area contributed by atoms with E-state index in [-0.39, 0.29) is 5.56 Å². The Morgan fingerprint density at radius 2 is 1.87 bits per heavy atom. The van der Waals surface area contributed by atoms with Crippen LogP contribution >= 0.6 is 15.9 Å². The number of benzene rings is 1.